The molecule has 1 atom stereocenters. The summed E-state index contributed by atoms with van der Waals surface area (Å²) in [5.41, 5.74) is 0.887. The zero-order valence-electron chi connectivity index (χ0n) is 12.2. The van der Waals surface area contributed by atoms with E-state index in [1.165, 1.54) is 0 Å². The lowest BCUT2D eigenvalue weighted by molar-refractivity contribution is -0.0506. The van der Waals surface area contributed by atoms with Crippen molar-refractivity contribution in [2.75, 3.05) is 6.54 Å². The highest BCUT2D eigenvalue weighted by molar-refractivity contribution is 5.35. The molecule has 2 rings (SSSR count). The van der Waals surface area contributed by atoms with Gasteiger partial charge in [-0.2, -0.15) is 8.78 Å². The first kappa shape index (κ1) is 15.2. The van der Waals surface area contributed by atoms with Crippen molar-refractivity contribution in [2.45, 2.75) is 51.7 Å². The standard InChI is InChI=1S/C16H23F2NO/c1-12(2)10-16(8-5-9-19-16)11-13-6-3-4-7-14(13)20-15(17)18/h3-4,6-7,12,15,19H,5,8-11H2,1-2H3. The molecule has 4 heteroatoms. The van der Waals surface area contributed by atoms with Crippen molar-refractivity contribution in [2.24, 2.45) is 5.92 Å². The van der Waals surface area contributed by atoms with E-state index in [0.717, 1.165) is 37.8 Å². The van der Waals surface area contributed by atoms with Crippen molar-refractivity contribution >= 4 is 0 Å². The highest BCUT2D eigenvalue weighted by Gasteiger charge is 2.34. The first-order valence-electron chi connectivity index (χ1n) is 7.28. The van der Waals surface area contributed by atoms with E-state index in [2.05, 4.69) is 23.9 Å². The molecule has 1 N–H and O–H groups in total. The second kappa shape index (κ2) is 6.53. The number of para-hydroxylation sites is 1. The second-order valence-electron chi connectivity index (χ2n) is 6.07. The van der Waals surface area contributed by atoms with Crippen molar-refractivity contribution < 1.29 is 13.5 Å². The molecule has 0 radical (unpaired) electrons. The van der Waals surface area contributed by atoms with Gasteiger partial charge in [-0.1, -0.05) is 32.0 Å². The van der Waals surface area contributed by atoms with Gasteiger partial charge in [0.1, 0.15) is 5.75 Å². The quantitative estimate of drug-likeness (QED) is 0.852. The molecule has 1 aliphatic heterocycles. The van der Waals surface area contributed by atoms with E-state index in [9.17, 15) is 8.78 Å². The predicted octanol–water partition coefficient (Wildman–Crippen LogP) is 4.00. The highest BCUT2D eigenvalue weighted by Crippen LogP contribution is 2.33. The molecule has 1 heterocycles. The molecule has 0 bridgehead atoms. The summed E-state index contributed by atoms with van der Waals surface area (Å²) >= 11 is 0. The maximum absolute atomic E-state index is 12.5. The van der Waals surface area contributed by atoms with E-state index in [1.54, 1.807) is 12.1 Å². The smallest absolute Gasteiger partial charge is 0.387 e. The van der Waals surface area contributed by atoms with Crippen LogP contribution in [0.3, 0.4) is 0 Å². The number of halogens is 2. The Kier molecular flexibility index (Phi) is 4.97. The van der Waals surface area contributed by atoms with Crippen molar-refractivity contribution in [3.8, 4) is 5.75 Å². The molecule has 1 aromatic carbocycles. The van der Waals surface area contributed by atoms with E-state index in [4.69, 9.17) is 0 Å². The third-order valence-corrected chi connectivity index (χ3v) is 3.85. The SMILES string of the molecule is CC(C)CC1(Cc2ccccc2OC(F)F)CCCN1. The zero-order valence-corrected chi connectivity index (χ0v) is 12.2. The van der Waals surface area contributed by atoms with E-state index in [-0.39, 0.29) is 5.54 Å². The molecular formula is C16H23F2NO. The van der Waals surface area contributed by atoms with Crippen molar-refractivity contribution in [1.29, 1.82) is 0 Å². The van der Waals surface area contributed by atoms with Crippen molar-refractivity contribution in [3.63, 3.8) is 0 Å². The van der Waals surface area contributed by atoms with Gasteiger partial charge in [0.2, 0.25) is 0 Å². The molecule has 0 aliphatic carbocycles. The fraction of sp³-hybridized carbons (Fsp3) is 0.625. The zero-order chi connectivity index (χ0) is 14.6. The maximum Gasteiger partial charge on any atom is 0.387 e. The van der Waals surface area contributed by atoms with Crippen LogP contribution in [0, 0.1) is 5.92 Å². The Morgan fingerprint density at radius 3 is 2.65 bits per heavy atom. The fourth-order valence-electron chi connectivity index (χ4n) is 3.27. The number of alkyl halides is 2. The summed E-state index contributed by atoms with van der Waals surface area (Å²) in [6, 6.07) is 7.13. The largest absolute Gasteiger partial charge is 0.435 e. The third-order valence-electron chi connectivity index (χ3n) is 3.85. The summed E-state index contributed by atoms with van der Waals surface area (Å²) in [5, 5.41) is 3.59. The molecule has 0 aromatic heterocycles. The molecule has 1 fully saturated rings. The Bertz CT molecular complexity index is 428. The minimum atomic E-state index is -2.77. The number of hydrogen-bond donors (Lipinski definition) is 1. The average Bonchev–Trinajstić information content (AvgIpc) is 2.78. The van der Waals surface area contributed by atoms with Crippen LogP contribution < -0.4 is 10.1 Å². The molecule has 0 spiro atoms. The summed E-state index contributed by atoms with van der Waals surface area (Å²) in [6.07, 6.45) is 4.03. The minimum absolute atomic E-state index is 0.0236. The van der Waals surface area contributed by atoms with Crippen LogP contribution in [0.5, 0.6) is 5.75 Å². The molecule has 1 unspecified atom stereocenters. The average molecular weight is 283 g/mol. The van der Waals surface area contributed by atoms with Gasteiger partial charge < -0.3 is 10.1 Å². The molecular weight excluding hydrogens is 260 g/mol. The molecule has 20 heavy (non-hydrogen) atoms. The van der Waals surface area contributed by atoms with E-state index in [1.807, 2.05) is 12.1 Å². The molecule has 1 saturated heterocycles. The summed E-state index contributed by atoms with van der Waals surface area (Å²) in [7, 11) is 0. The van der Waals surface area contributed by atoms with Crippen molar-refractivity contribution in [1.82, 2.24) is 5.32 Å². The number of nitrogens with one attached hydrogen (secondary N) is 1. The molecule has 2 nitrogen and oxygen atoms in total. The number of rotatable bonds is 6. The summed E-state index contributed by atoms with van der Waals surface area (Å²) < 4.78 is 29.6. The Morgan fingerprint density at radius 1 is 1.30 bits per heavy atom. The van der Waals surface area contributed by atoms with Gasteiger partial charge in [0.15, 0.2) is 0 Å². The normalized spacial score (nSPS) is 22.7. The summed E-state index contributed by atoms with van der Waals surface area (Å²) in [5.74, 6) is 0.878. The Labute approximate surface area is 119 Å². The predicted molar refractivity (Wildman–Crippen MR) is 76.2 cm³/mol. The van der Waals surface area contributed by atoms with Gasteiger partial charge >= 0.3 is 6.61 Å². The number of ether oxygens (including phenoxy) is 1. The van der Waals surface area contributed by atoms with Gasteiger partial charge in [-0.25, -0.2) is 0 Å². The van der Waals surface area contributed by atoms with Crippen LogP contribution >= 0.6 is 0 Å². The van der Waals surface area contributed by atoms with Gasteiger partial charge in [0, 0.05) is 5.54 Å². The molecule has 0 amide bonds. The molecule has 0 saturated carbocycles. The van der Waals surface area contributed by atoms with Gasteiger partial charge in [-0.3, -0.25) is 0 Å². The van der Waals surface area contributed by atoms with Gasteiger partial charge in [-0.15, -0.1) is 0 Å². The monoisotopic (exact) mass is 283 g/mol. The number of benzene rings is 1. The lowest BCUT2D eigenvalue weighted by Crippen LogP contribution is -2.43. The van der Waals surface area contributed by atoms with Crippen LogP contribution in [-0.4, -0.2) is 18.7 Å². The molecule has 1 aromatic rings. The van der Waals surface area contributed by atoms with E-state index in [0.29, 0.717) is 11.7 Å². The third kappa shape index (κ3) is 3.92. The van der Waals surface area contributed by atoms with Crippen molar-refractivity contribution in [3.05, 3.63) is 29.8 Å². The van der Waals surface area contributed by atoms with E-state index >= 15 is 0 Å². The Morgan fingerprint density at radius 2 is 2.05 bits per heavy atom. The first-order chi connectivity index (χ1) is 9.51. The lowest BCUT2D eigenvalue weighted by Gasteiger charge is -2.32. The van der Waals surface area contributed by atoms with Gasteiger partial charge in [0.25, 0.3) is 0 Å². The van der Waals surface area contributed by atoms with Crippen LogP contribution in [0.4, 0.5) is 8.78 Å². The second-order valence-corrected chi connectivity index (χ2v) is 6.07. The summed E-state index contributed by atoms with van der Waals surface area (Å²) in [4.78, 5) is 0. The van der Waals surface area contributed by atoms with Crippen LogP contribution in [0.2, 0.25) is 0 Å². The number of hydrogen-bond acceptors (Lipinski definition) is 2. The summed E-state index contributed by atoms with van der Waals surface area (Å²) in [6.45, 7) is 2.63. The fourth-order valence-corrected chi connectivity index (χ4v) is 3.27. The van der Waals surface area contributed by atoms with Crippen LogP contribution in [0.1, 0.15) is 38.7 Å². The van der Waals surface area contributed by atoms with Crippen LogP contribution in [0.15, 0.2) is 24.3 Å². The minimum Gasteiger partial charge on any atom is -0.435 e. The Hall–Kier alpha value is -1.16. The molecule has 112 valence electrons. The van der Waals surface area contributed by atoms with Gasteiger partial charge in [-0.05, 0) is 49.8 Å². The lowest BCUT2D eigenvalue weighted by atomic mass is 9.82. The topological polar surface area (TPSA) is 21.3 Å². The highest BCUT2D eigenvalue weighted by atomic mass is 19.3. The first-order valence-corrected chi connectivity index (χ1v) is 7.28. The van der Waals surface area contributed by atoms with E-state index < -0.39 is 6.61 Å². The maximum atomic E-state index is 12.5. The van der Waals surface area contributed by atoms with Crippen LogP contribution in [-0.2, 0) is 6.42 Å². The Balaban J connectivity index is 2.18. The van der Waals surface area contributed by atoms with Crippen LogP contribution in [0.25, 0.3) is 0 Å². The van der Waals surface area contributed by atoms with Gasteiger partial charge in [0.05, 0.1) is 0 Å². The molecule has 1 aliphatic rings.